The van der Waals surface area contributed by atoms with Crippen molar-refractivity contribution >= 4 is 23.2 Å². The van der Waals surface area contributed by atoms with Crippen LogP contribution in [0.3, 0.4) is 0 Å². The number of rotatable bonds is 10. The lowest BCUT2D eigenvalue weighted by atomic mass is 10.2. The van der Waals surface area contributed by atoms with Crippen LogP contribution in [0.25, 0.3) is 0 Å². The van der Waals surface area contributed by atoms with Gasteiger partial charge in [0.1, 0.15) is 35.7 Å². The summed E-state index contributed by atoms with van der Waals surface area (Å²) in [5, 5.41) is 9.38. The monoisotopic (exact) mass is 384 g/mol. The minimum atomic E-state index is -0.675. The van der Waals surface area contributed by atoms with Crippen molar-refractivity contribution in [1.29, 1.82) is 0 Å². The average Bonchev–Trinajstić information content (AvgIpc) is 2.66. The highest BCUT2D eigenvalue weighted by Crippen LogP contribution is 2.26. The van der Waals surface area contributed by atoms with Crippen LogP contribution >= 0.6 is 23.2 Å². The highest BCUT2D eigenvalue weighted by Gasteiger charge is 2.05. The molecule has 0 radical (unpaired) electrons. The molecule has 0 bridgehead atoms. The van der Waals surface area contributed by atoms with Gasteiger partial charge in [-0.3, -0.25) is 0 Å². The summed E-state index contributed by atoms with van der Waals surface area (Å²) in [6.45, 7) is 2.78. The summed E-state index contributed by atoms with van der Waals surface area (Å²) in [4.78, 5) is 0. The summed E-state index contributed by atoms with van der Waals surface area (Å²) in [6.07, 6.45) is -0.675. The van der Waals surface area contributed by atoms with E-state index < -0.39 is 6.10 Å². The third kappa shape index (κ3) is 7.02. The molecular weight excluding hydrogens is 363 g/mol. The molecule has 0 heterocycles. The van der Waals surface area contributed by atoms with Crippen molar-refractivity contribution in [3.05, 3.63) is 48.5 Å². The molecule has 2 atom stereocenters. The number of benzene rings is 2. The zero-order valence-corrected chi connectivity index (χ0v) is 15.5. The van der Waals surface area contributed by atoms with Crippen LogP contribution in [0.2, 0.25) is 0 Å². The molecule has 2 aromatic carbocycles. The molecular formula is C19H22Cl2O4. The molecule has 0 saturated carbocycles. The van der Waals surface area contributed by atoms with E-state index in [0.717, 1.165) is 5.75 Å². The van der Waals surface area contributed by atoms with Crippen molar-refractivity contribution in [1.82, 2.24) is 0 Å². The predicted molar refractivity (Wildman–Crippen MR) is 101 cm³/mol. The maximum Gasteiger partial charge on any atom is 0.127 e. The molecule has 2 aromatic rings. The van der Waals surface area contributed by atoms with Gasteiger partial charge in [-0.05, 0) is 48.5 Å². The first-order valence-corrected chi connectivity index (χ1v) is 9.11. The number of hydrogen-bond donors (Lipinski definition) is 1. The Labute approximate surface area is 158 Å². The van der Waals surface area contributed by atoms with Crippen LogP contribution in [0.1, 0.15) is 6.92 Å². The van der Waals surface area contributed by atoms with Gasteiger partial charge in [-0.1, -0.05) is 6.92 Å². The highest BCUT2D eigenvalue weighted by atomic mass is 35.5. The maximum atomic E-state index is 9.38. The molecule has 0 aliphatic rings. The van der Waals surface area contributed by atoms with Crippen LogP contribution in [-0.2, 0) is 0 Å². The molecule has 0 aliphatic carbocycles. The summed E-state index contributed by atoms with van der Waals surface area (Å²) in [5.41, 5.74) is 0. The topological polar surface area (TPSA) is 47.9 Å². The molecule has 0 spiro atoms. The Kier molecular flexibility index (Phi) is 8.19. The maximum absolute atomic E-state index is 9.38. The van der Waals surface area contributed by atoms with Gasteiger partial charge < -0.3 is 19.3 Å². The van der Waals surface area contributed by atoms with Crippen LogP contribution in [0.15, 0.2) is 48.5 Å². The predicted octanol–water partition coefficient (Wildman–Crippen LogP) is 4.71. The number of aliphatic hydroxyl groups excluding tert-OH is 1. The van der Waals surface area contributed by atoms with Gasteiger partial charge in [0.15, 0.2) is 0 Å². The molecule has 25 heavy (non-hydrogen) atoms. The molecule has 1 N–H and O–H groups in total. The molecule has 2 rings (SSSR count). The number of hydrogen-bond acceptors (Lipinski definition) is 4. The number of halogens is 2. The Morgan fingerprint density at radius 2 is 1.20 bits per heavy atom. The third-order valence-corrected chi connectivity index (χ3v) is 4.18. The lowest BCUT2D eigenvalue weighted by Gasteiger charge is -2.12. The fourth-order valence-electron chi connectivity index (χ4n) is 1.86. The lowest BCUT2D eigenvalue weighted by Crippen LogP contribution is -2.18. The van der Waals surface area contributed by atoms with E-state index in [-0.39, 0.29) is 12.5 Å². The normalized spacial score (nSPS) is 13.1. The van der Waals surface area contributed by atoms with E-state index in [9.17, 15) is 5.11 Å². The minimum Gasteiger partial charge on any atom is -0.493 e. The third-order valence-electron chi connectivity index (χ3n) is 3.30. The lowest BCUT2D eigenvalue weighted by molar-refractivity contribution is 0.125. The van der Waals surface area contributed by atoms with Crippen molar-refractivity contribution in [2.24, 2.45) is 5.92 Å². The van der Waals surface area contributed by atoms with Crippen LogP contribution in [0.5, 0.6) is 23.0 Å². The smallest absolute Gasteiger partial charge is 0.127 e. The molecule has 4 nitrogen and oxygen atoms in total. The first-order valence-electron chi connectivity index (χ1n) is 8.04. The largest absolute Gasteiger partial charge is 0.493 e. The second kappa shape index (κ2) is 10.4. The van der Waals surface area contributed by atoms with E-state index in [0.29, 0.717) is 35.7 Å². The van der Waals surface area contributed by atoms with Crippen molar-refractivity contribution in [3.63, 3.8) is 0 Å². The fourth-order valence-corrected chi connectivity index (χ4v) is 2.04. The van der Waals surface area contributed by atoms with Crippen molar-refractivity contribution in [3.8, 4) is 23.0 Å². The van der Waals surface area contributed by atoms with Gasteiger partial charge in [-0.25, -0.2) is 0 Å². The molecule has 0 saturated heterocycles. The van der Waals surface area contributed by atoms with Gasteiger partial charge in [0.2, 0.25) is 0 Å². The molecule has 0 amide bonds. The molecule has 0 fully saturated rings. The van der Waals surface area contributed by atoms with Crippen LogP contribution in [0.4, 0.5) is 0 Å². The van der Waals surface area contributed by atoms with Gasteiger partial charge in [0, 0.05) is 11.8 Å². The van der Waals surface area contributed by atoms with Crippen LogP contribution in [-0.4, -0.2) is 36.2 Å². The Morgan fingerprint density at radius 1 is 0.760 bits per heavy atom. The Hall–Kier alpha value is -1.62. The molecule has 6 heteroatoms. The number of ether oxygens (including phenoxy) is 3. The Balaban J connectivity index is 1.85. The summed E-state index contributed by atoms with van der Waals surface area (Å²) in [5.74, 6) is 3.86. The Bertz CT molecular complexity index is 561. The van der Waals surface area contributed by atoms with E-state index in [1.54, 1.807) is 24.3 Å². The zero-order chi connectivity index (χ0) is 18.1. The molecule has 0 aliphatic heterocycles. The van der Waals surface area contributed by atoms with Crippen molar-refractivity contribution in [2.75, 3.05) is 25.0 Å². The van der Waals surface area contributed by atoms with E-state index in [1.165, 1.54) is 0 Å². The van der Waals surface area contributed by atoms with E-state index in [4.69, 9.17) is 37.4 Å². The first-order chi connectivity index (χ1) is 12.1. The summed E-state index contributed by atoms with van der Waals surface area (Å²) < 4.78 is 16.8. The van der Waals surface area contributed by atoms with Crippen molar-refractivity contribution < 1.29 is 19.3 Å². The highest BCUT2D eigenvalue weighted by molar-refractivity contribution is 6.18. The second-order valence-corrected chi connectivity index (χ2v) is 6.35. The van der Waals surface area contributed by atoms with E-state index >= 15 is 0 Å². The number of aliphatic hydroxyl groups is 1. The average molecular weight is 385 g/mol. The van der Waals surface area contributed by atoms with Gasteiger partial charge >= 0.3 is 0 Å². The van der Waals surface area contributed by atoms with Crippen LogP contribution in [0, 0.1) is 5.92 Å². The first kappa shape index (κ1) is 19.7. The Morgan fingerprint density at radius 3 is 1.64 bits per heavy atom. The van der Waals surface area contributed by atoms with Gasteiger partial charge in [0.05, 0.1) is 12.5 Å². The second-order valence-electron chi connectivity index (χ2n) is 5.73. The van der Waals surface area contributed by atoms with Crippen molar-refractivity contribution in [2.45, 2.75) is 13.0 Å². The molecule has 136 valence electrons. The molecule has 0 aromatic heterocycles. The van der Waals surface area contributed by atoms with Gasteiger partial charge in [0.25, 0.3) is 0 Å². The van der Waals surface area contributed by atoms with E-state index in [1.807, 2.05) is 31.2 Å². The summed E-state index contributed by atoms with van der Waals surface area (Å²) in [6, 6.07) is 14.6. The zero-order valence-electron chi connectivity index (χ0n) is 14.0. The quantitative estimate of drug-likeness (QED) is 0.602. The van der Waals surface area contributed by atoms with Gasteiger partial charge in [-0.15, -0.1) is 23.2 Å². The van der Waals surface area contributed by atoms with Crippen LogP contribution < -0.4 is 14.2 Å². The standard InChI is InChI=1S/C19H22Cl2O4/c1-14(10-20)12-23-16-2-6-18(7-3-16)25-19-8-4-17(5-9-19)24-13-15(22)11-21/h2-9,14-15,22H,10-13H2,1H3. The fraction of sp³-hybridized carbons (Fsp3) is 0.368. The number of alkyl halides is 2. The summed E-state index contributed by atoms with van der Waals surface area (Å²) >= 11 is 11.3. The summed E-state index contributed by atoms with van der Waals surface area (Å²) in [7, 11) is 0. The minimum absolute atomic E-state index is 0.145. The van der Waals surface area contributed by atoms with Gasteiger partial charge in [-0.2, -0.15) is 0 Å². The van der Waals surface area contributed by atoms with E-state index in [2.05, 4.69) is 0 Å². The molecule has 2 unspecified atom stereocenters. The SMILES string of the molecule is CC(CCl)COc1ccc(Oc2ccc(OCC(O)CCl)cc2)cc1.